The van der Waals surface area contributed by atoms with E-state index in [1.165, 1.54) is 0 Å². The molecule has 1 unspecified atom stereocenters. The first-order valence-corrected chi connectivity index (χ1v) is 5.41. The molecule has 1 rings (SSSR count). The average Bonchev–Trinajstić information content (AvgIpc) is 2.30. The van der Waals surface area contributed by atoms with E-state index in [1.807, 2.05) is 13.8 Å². The van der Waals surface area contributed by atoms with Crippen molar-refractivity contribution in [2.75, 3.05) is 30.8 Å². The lowest BCUT2D eigenvalue weighted by atomic mass is 10.2. The lowest BCUT2D eigenvalue weighted by Gasteiger charge is -2.12. The molecular weight excluding hydrogens is 206 g/mol. The number of aromatic nitrogens is 1. The number of nitrogen functional groups attached to an aromatic ring is 1. The Kier molecular flexibility index (Phi) is 4.85. The first-order valence-electron chi connectivity index (χ1n) is 5.41. The van der Waals surface area contributed by atoms with Gasteiger partial charge in [0.15, 0.2) is 0 Å². The monoisotopic (exact) mass is 225 g/mol. The van der Waals surface area contributed by atoms with Crippen LogP contribution in [0.15, 0.2) is 12.1 Å². The second kappa shape index (κ2) is 6.17. The predicted molar refractivity (Wildman–Crippen MR) is 64.6 cm³/mol. The number of anilines is 2. The molecule has 5 nitrogen and oxygen atoms in total. The molecule has 1 atom stereocenters. The van der Waals surface area contributed by atoms with Gasteiger partial charge in [0.2, 0.25) is 5.88 Å². The Morgan fingerprint density at radius 2 is 2.31 bits per heavy atom. The molecular formula is C11H19N3O2. The minimum Gasteiger partial charge on any atom is -0.476 e. The smallest absolute Gasteiger partial charge is 0.239 e. The van der Waals surface area contributed by atoms with E-state index in [2.05, 4.69) is 10.3 Å². The number of rotatable bonds is 6. The third-order valence-electron chi connectivity index (χ3n) is 2.11. The average molecular weight is 225 g/mol. The largest absolute Gasteiger partial charge is 0.476 e. The number of nitrogens with zero attached hydrogens (tertiary/aromatic N) is 1. The second-order valence-electron chi connectivity index (χ2n) is 3.69. The van der Waals surface area contributed by atoms with Gasteiger partial charge in [-0.2, -0.15) is 4.98 Å². The fraction of sp³-hybridized carbons (Fsp3) is 0.545. The maximum atomic E-state index is 8.89. The molecule has 0 radical (unpaired) electrons. The van der Waals surface area contributed by atoms with Crippen LogP contribution < -0.4 is 15.8 Å². The van der Waals surface area contributed by atoms with Crippen molar-refractivity contribution in [2.45, 2.75) is 13.8 Å². The standard InChI is InChI=1S/C11H19N3O2/c1-3-16-11-9(12)4-5-10(14-11)13-6-8(2)7-15/h4-5,8,15H,3,6-7,12H2,1-2H3,(H,13,14). The van der Waals surface area contributed by atoms with Crippen LogP contribution in [0.25, 0.3) is 0 Å². The van der Waals surface area contributed by atoms with Crippen molar-refractivity contribution in [3.8, 4) is 5.88 Å². The molecule has 1 aromatic rings. The number of hydrogen-bond acceptors (Lipinski definition) is 5. The Balaban J connectivity index is 2.63. The second-order valence-corrected chi connectivity index (χ2v) is 3.69. The maximum absolute atomic E-state index is 8.89. The highest BCUT2D eigenvalue weighted by Gasteiger charge is 2.05. The highest BCUT2D eigenvalue weighted by Crippen LogP contribution is 2.20. The van der Waals surface area contributed by atoms with Crippen molar-refractivity contribution in [3.05, 3.63) is 12.1 Å². The topological polar surface area (TPSA) is 80.4 Å². The zero-order chi connectivity index (χ0) is 12.0. The third-order valence-corrected chi connectivity index (χ3v) is 2.11. The summed E-state index contributed by atoms with van der Waals surface area (Å²) >= 11 is 0. The van der Waals surface area contributed by atoms with E-state index in [-0.39, 0.29) is 12.5 Å². The summed E-state index contributed by atoms with van der Waals surface area (Å²) in [7, 11) is 0. The van der Waals surface area contributed by atoms with E-state index in [0.29, 0.717) is 30.5 Å². The van der Waals surface area contributed by atoms with Gasteiger partial charge >= 0.3 is 0 Å². The molecule has 0 fully saturated rings. The molecule has 0 saturated carbocycles. The van der Waals surface area contributed by atoms with Crippen molar-refractivity contribution < 1.29 is 9.84 Å². The fourth-order valence-electron chi connectivity index (χ4n) is 1.15. The summed E-state index contributed by atoms with van der Waals surface area (Å²) in [5.74, 6) is 1.34. The number of nitrogens with two attached hydrogens (primary N) is 1. The first kappa shape index (κ1) is 12.6. The molecule has 4 N–H and O–H groups in total. The van der Waals surface area contributed by atoms with Gasteiger partial charge in [0.25, 0.3) is 0 Å². The molecule has 5 heteroatoms. The van der Waals surface area contributed by atoms with Gasteiger partial charge in [-0.1, -0.05) is 6.92 Å². The molecule has 0 spiro atoms. The van der Waals surface area contributed by atoms with Gasteiger partial charge in [-0.3, -0.25) is 0 Å². The molecule has 1 aromatic heterocycles. The quantitative estimate of drug-likeness (QED) is 0.675. The van der Waals surface area contributed by atoms with Crippen LogP contribution in [-0.4, -0.2) is 29.8 Å². The number of aliphatic hydroxyl groups is 1. The zero-order valence-corrected chi connectivity index (χ0v) is 9.73. The summed E-state index contributed by atoms with van der Waals surface area (Å²) in [6.45, 7) is 5.19. The van der Waals surface area contributed by atoms with Crippen molar-refractivity contribution in [1.29, 1.82) is 0 Å². The van der Waals surface area contributed by atoms with E-state index >= 15 is 0 Å². The van der Waals surface area contributed by atoms with Gasteiger partial charge in [0.1, 0.15) is 5.82 Å². The van der Waals surface area contributed by atoms with Crippen molar-refractivity contribution in [3.63, 3.8) is 0 Å². The minimum absolute atomic E-state index is 0.153. The van der Waals surface area contributed by atoms with E-state index in [0.717, 1.165) is 0 Å². The van der Waals surface area contributed by atoms with Gasteiger partial charge in [-0.25, -0.2) is 0 Å². The van der Waals surface area contributed by atoms with E-state index < -0.39 is 0 Å². The summed E-state index contributed by atoms with van der Waals surface area (Å²) in [5.41, 5.74) is 6.23. The molecule has 0 bridgehead atoms. The molecule has 0 aromatic carbocycles. The van der Waals surface area contributed by atoms with Gasteiger partial charge in [0.05, 0.1) is 12.3 Å². The molecule has 0 aliphatic heterocycles. The summed E-state index contributed by atoms with van der Waals surface area (Å²) in [5, 5.41) is 12.0. The van der Waals surface area contributed by atoms with Crippen LogP contribution in [0.3, 0.4) is 0 Å². The van der Waals surface area contributed by atoms with E-state index in [4.69, 9.17) is 15.6 Å². The zero-order valence-electron chi connectivity index (χ0n) is 9.73. The summed E-state index contributed by atoms with van der Waals surface area (Å²) in [4.78, 5) is 4.23. The molecule has 0 aliphatic rings. The van der Waals surface area contributed by atoms with Crippen LogP contribution in [0.5, 0.6) is 5.88 Å². The van der Waals surface area contributed by atoms with Crippen molar-refractivity contribution in [1.82, 2.24) is 4.98 Å². The van der Waals surface area contributed by atoms with Crippen LogP contribution >= 0.6 is 0 Å². The molecule has 90 valence electrons. The minimum atomic E-state index is 0.153. The predicted octanol–water partition coefficient (Wildman–Crippen LogP) is 1.10. The number of nitrogens with one attached hydrogen (secondary N) is 1. The Morgan fingerprint density at radius 1 is 1.56 bits per heavy atom. The number of aliphatic hydroxyl groups excluding tert-OH is 1. The summed E-state index contributed by atoms with van der Waals surface area (Å²) in [6, 6.07) is 3.55. The van der Waals surface area contributed by atoms with Crippen molar-refractivity contribution in [2.24, 2.45) is 5.92 Å². The first-order chi connectivity index (χ1) is 7.67. The van der Waals surface area contributed by atoms with E-state index in [1.54, 1.807) is 12.1 Å². The fourth-order valence-corrected chi connectivity index (χ4v) is 1.15. The van der Waals surface area contributed by atoms with Crippen LogP contribution in [0, 0.1) is 5.92 Å². The van der Waals surface area contributed by atoms with E-state index in [9.17, 15) is 0 Å². The molecule has 16 heavy (non-hydrogen) atoms. The summed E-state index contributed by atoms with van der Waals surface area (Å²) < 4.78 is 5.28. The van der Waals surface area contributed by atoms with Crippen LogP contribution in [0.1, 0.15) is 13.8 Å². The number of pyridine rings is 1. The van der Waals surface area contributed by atoms with Crippen LogP contribution in [-0.2, 0) is 0 Å². The van der Waals surface area contributed by atoms with Gasteiger partial charge in [-0.05, 0) is 25.0 Å². The Hall–Kier alpha value is -1.49. The highest BCUT2D eigenvalue weighted by atomic mass is 16.5. The Morgan fingerprint density at radius 3 is 2.94 bits per heavy atom. The third kappa shape index (κ3) is 3.58. The SMILES string of the molecule is CCOc1nc(NCC(C)CO)ccc1N. The van der Waals surface area contributed by atoms with Gasteiger partial charge in [0, 0.05) is 13.2 Å². The number of hydrogen-bond donors (Lipinski definition) is 3. The number of ether oxygens (including phenoxy) is 1. The molecule has 0 aliphatic carbocycles. The van der Waals surface area contributed by atoms with Gasteiger partial charge < -0.3 is 20.9 Å². The normalized spacial score (nSPS) is 12.2. The Labute approximate surface area is 95.6 Å². The van der Waals surface area contributed by atoms with Crippen LogP contribution in [0.2, 0.25) is 0 Å². The Bertz CT molecular complexity index is 331. The van der Waals surface area contributed by atoms with Crippen LogP contribution in [0.4, 0.5) is 11.5 Å². The lowest BCUT2D eigenvalue weighted by Crippen LogP contribution is -2.15. The molecule has 1 heterocycles. The highest BCUT2D eigenvalue weighted by molar-refractivity contribution is 5.53. The molecule has 0 saturated heterocycles. The lowest BCUT2D eigenvalue weighted by molar-refractivity contribution is 0.244. The summed E-state index contributed by atoms with van der Waals surface area (Å²) in [6.07, 6.45) is 0. The van der Waals surface area contributed by atoms with Gasteiger partial charge in [-0.15, -0.1) is 0 Å². The molecule has 0 amide bonds. The van der Waals surface area contributed by atoms with Crippen molar-refractivity contribution >= 4 is 11.5 Å². The maximum Gasteiger partial charge on any atom is 0.239 e.